The molecular weight excluding hydrogens is 449 g/mol. The molecule has 3 aromatic rings. The Morgan fingerprint density at radius 3 is 2.80 bits per heavy atom. The van der Waals surface area contributed by atoms with Gasteiger partial charge in [-0.1, -0.05) is 12.0 Å². The second-order valence-corrected chi connectivity index (χ2v) is 9.36. The summed E-state index contributed by atoms with van der Waals surface area (Å²) in [5.41, 5.74) is 8.25. The minimum atomic E-state index is -0.458. The third-order valence-corrected chi connectivity index (χ3v) is 6.75. The predicted molar refractivity (Wildman–Crippen MR) is 130 cm³/mol. The van der Waals surface area contributed by atoms with Crippen LogP contribution in [0.2, 0.25) is 0 Å². The van der Waals surface area contributed by atoms with Crippen molar-refractivity contribution in [2.45, 2.75) is 44.8 Å². The van der Waals surface area contributed by atoms with Crippen LogP contribution in [-0.2, 0) is 21.6 Å². The zero-order chi connectivity index (χ0) is 24.6. The maximum absolute atomic E-state index is 14.5. The lowest BCUT2D eigenvalue weighted by atomic mass is 10.0. The maximum atomic E-state index is 14.5. The van der Waals surface area contributed by atoms with Crippen LogP contribution >= 0.6 is 0 Å². The van der Waals surface area contributed by atoms with E-state index in [4.69, 9.17) is 15.2 Å². The molecule has 0 spiro atoms. The van der Waals surface area contributed by atoms with Gasteiger partial charge < -0.3 is 25.1 Å². The van der Waals surface area contributed by atoms with E-state index >= 15 is 0 Å². The maximum Gasteiger partial charge on any atom is 0.259 e. The highest BCUT2D eigenvalue weighted by molar-refractivity contribution is 6.16. The minimum absolute atomic E-state index is 0.145. The van der Waals surface area contributed by atoms with Crippen molar-refractivity contribution < 1.29 is 18.7 Å². The Labute approximate surface area is 203 Å². The Morgan fingerprint density at radius 2 is 2.11 bits per heavy atom. The van der Waals surface area contributed by atoms with Crippen molar-refractivity contribution in [1.82, 2.24) is 14.5 Å². The van der Waals surface area contributed by atoms with Crippen LogP contribution in [0.3, 0.4) is 0 Å². The van der Waals surface area contributed by atoms with E-state index in [1.54, 1.807) is 12.1 Å². The van der Waals surface area contributed by atoms with Crippen LogP contribution in [0.25, 0.3) is 11.0 Å². The number of fused-ring (bicyclic) bond motifs is 1. The molecule has 0 unspecified atom stereocenters. The summed E-state index contributed by atoms with van der Waals surface area (Å²) in [7, 11) is 1.50. The quantitative estimate of drug-likeness (QED) is 0.541. The number of halogens is 1. The number of rotatable bonds is 5. The zero-order valence-corrected chi connectivity index (χ0v) is 19.9. The van der Waals surface area contributed by atoms with Gasteiger partial charge >= 0.3 is 0 Å². The largest absolute Gasteiger partial charge is 0.383 e. The fourth-order valence-electron chi connectivity index (χ4n) is 4.51. The highest BCUT2D eigenvalue weighted by Gasteiger charge is 2.44. The van der Waals surface area contributed by atoms with Crippen LogP contribution in [0.5, 0.6) is 0 Å². The summed E-state index contributed by atoms with van der Waals surface area (Å²) in [6.07, 6.45) is 4.99. The van der Waals surface area contributed by atoms with E-state index in [1.807, 2.05) is 4.57 Å². The molecule has 3 heterocycles. The highest BCUT2D eigenvalue weighted by Crippen LogP contribution is 2.47. The van der Waals surface area contributed by atoms with Crippen LogP contribution in [0.4, 0.5) is 15.9 Å². The average molecular weight is 478 g/mol. The molecule has 1 aromatic carbocycles. The van der Waals surface area contributed by atoms with Crippen LogP contribution in [0, 0.1) is 23.6 Å². The molecule has 3 N–H and O–H groups in total. The van der Waals surface area contributed by atoms with Crippen LogP contribution in [-0.4, -0.2) is 40.8 Å². The Bertz CT molecular complexity index is 1350. The van der Waals surface area contributed by atoms with Crippen molar-refractivity contribution in [3.63, 3.8) is 0 Å². The predicted octanol–water partition coefficient (Wildman–Crippen LogP) is 3.84. The van der Waals surface area contributed by atoms with E-state index in [0.29, 0.717) is 46.8 Å². The first-order valence-corrected chi connectivity index (χ1v) is 11.7. The van der Waals surface area contributed by atoms with Crippen molar-refractivity contribution in [2.75, 3.05) is 31.4 Å². The molecule has 0 atom stereocenters. The fraction of sp³-hybridized carbons (Fsp3) is 0.423. The standard InChI is InChI=1S/C26H28FN5O3/c1-26(9-10-26)32-20(6-3-16-7-11-35-12-8-16)21(22-23(28)29-15-30-24(22)32)25(33)31-18-5-4-17(14-34-2)19(27)13-18/h4-5,13,15-16H,7-12,14H2,1-2H3,(H,31,33)(H2,28,29,30). The molecule has 2 fully saturated rings. The van der Waals surface area contributed by atoms with Crippen molar-refractivity contribution in [3.05, 3.63) is 47.2 Å². The summed E-state index contributed by atoms with van der Waals surface area (Å²) in [6, 6.07) is 4.51. The molecule has 1 saturated heterocycles. The first-order valence-electron chi connectivity index (χ1n) is 11.7. The van der Waals surface area contributed by atoms with Gasteiger partial charge in [0.15, 0.2) is 0 Å². The highest BCUT2D eigenvalue weighted by atomic mass is 19.1. The number of methoxy groups -OCH3 is 1. The van der Waals surface area contributed by atoms with Gasteiger partial charge in [0.1, 0.15) is 29.3 Å². The van der Waals surface area contributed by atoms with Gasteiger partial charge in [-0.3, -0.25) is 4.79 Å². The molecule has 5 rings (SSSR count). The van der Waals surface area contributed by atoms with Gasteiger partial charge in [-0.2, -0.15) is 0 Å². The fourth-order valence-corrected chi connectivity index (χ4v) is 4.51. The molecule has 182 valence electrons. The number of nitrogen functional groups attached to an aromatic ring is 1. The Hall–Kier alpha value is -3.48. The monoisotopic (exact) mass is 477 g/mol. The van der Waals surface area contributed by atoms with Crippen molar-refractivity contribution in [2.24, 2.45) is 5.92 Å². The number of amides is 1. The lowest BCUT2D eigenvalue weighted by Crippen LogP contribution is -2.18. The molecule has 1 saturated carbocycles. The van der Waals surface area contributed by atoms with Gasteiger partial charge in [0.05, 0.1) is 17.6 Å². The Morgan fingerprint density at radius 1 is 1.34 bits per heavy atom. The number of anilines is 2. The molecule has 2 aromatic heterocycles. The second kappa shape index (κ2) is 9.29. The minimum Gasteiger partial charge on any atom is -0.383 e. The third kappa shape index (κ3) is 4.47. The van der Waals surface area contributed by atoms with Gasteiger partial charge in [-0.15, -0.1) is 0 Å². The molecule has 0 radical (unpaired) electrons. The zero-order valence-electron chi connectivity index (χ0n) is 19.9. The summed E-state index contributed by atoms with van der Waals surface area (Å²) in [5.74, 6) is 6.15. The topological polar surface area (TPSA) is 104 Å². The number of aromatic nitrogens is 3. The van der Waals surface area contributed by atoms with E-state index in [0.717, 1.165) is 25.7 Å². The smallest absolute Gasteiger partial charge is 0.259 e. The van der Waals surface area contributed by atoms with Gasteiger partial charge in [0.2, 0.25) is 0 Å². The second-order valence-electron chi connectivity index (χ2n) is 9.36. The number of nitrogens with two attached hydrogens (primary N) is 1. The van der Waals surface area contributed by atoms with Crippen molar-refractivity contribution in [1.29, 1.82) is 0 Å². The molecule has 1 aliphatic heterocycles. The van der Waals surface area contributed by atoms with Gasteiger partial charge in [-0.05, 0) is 50.7 Å². The molecule has 1 aliphatic carbocycles. The van der Waals surface area contributed by atoms with Crippen LogP contribution < -0.4 is 11.1 Å². The molecule has 35 heavy (non-hydrogen) atoms. The number of ether oxygens (including phenoxy) is 2. The average Bonchev–Trinajstić information content (AvgIpc) is 3.48. The summed E-state index contributed by atoms with van der Waals surface area (Å²) in [4.78, 5) is 22.3. The van der Waals surface area contributed by atoms with E-state index < -0.39 is 11.7 Å². The molecule has 1 amide bonds. The number of nitrogens with zero attached hydrogens (tertiary/aromatic N) is 3. The molecule has 9 heteroatoms. The lowest BCUT2D eigenvalue weighted by Gasteiger charge is -2.17. The van der Waals surface area contributed by atoms with E-state index in [-0.39, 0.29) is 23.9 Å². The normalized spacial score (nSPS) is 17.1. The Kier molecular flexibility index (Phi) is 6.17. The summed E-state index contributed by atoms with van der Waals surface area (Å²) < 4.78 is 27.0. The van der Waals surface area contributed by atoms with Gasteiger partial charge in [0, 0.05) is 43.0 Å². The third-order valence-electron chi connectivity index (χ3n) is 6.75. The van der Waals surface area contributed by atoms with Crippen LogP contribution in [0.15, 0.2) is 24.5 Å². The SMILES string of the molecule is COCc1ccc(NC(=O)c2c(C#CC3CCOCC3)n(C3(C)CC3)c3ncnc(N)c23)cc1F. The number of nitrogens with one attached hydrogen (secondary N) is 1. The van der Waals surface area contributed by atoms with E-state index in [1.165, 1.54) is 19.5 Å². The van der Waals surface area contributed by atoms with E-state index in [2.05, 4.69) is 34.0 Å². The van der Waals surface area contributed by atoms with Crippen LogP contribution in [0.1, 0.15) is 54.2 Å². The summed E-state index contributed by atoms with van der Waals surface area (Å²) in [5, 5.41) is 3.28. The first kappa shape index (κ1) is 23.3. The molecule has 2 aliphatic rings. The number of hydrogen-bond donors (Lipinski definition) is 2. The Balaban J connectivity index is 1.61. The number of hydrogen-bond acceptors (Lipinski definition) is 6. The number of carbonyl (C=O) groups is 1. The molecule has 8 nitrogen and oxygen atoms in total. The number of benzene rings is 1. The van der Waals surface area contributed by atoms with Gasteiger partial charge in [-0.25, -0.2) is 14.4 Å². The molecule has 0 bridgehead atoms. The lowest BCUT2D eigenvalue weighted by molar-refractivity contribution is 0.0807. The van der Waals surface area contributed by atoms with Gasteiger partial charge in [0.25, 0.3) is 5.91 Å². The first-order chi connectivity index (χ1) is 16.9. The summed E-state index contributed by atoms with van der Waals surface area (Å²) >= 11 is 0. The van der Waals surface area contributed by atoms with Crippen molar-refractivity contribution >= 4 is 28.4 Å². The molecular formula is C26H28FN5O3. The van der Waals surface area contributed by atoms with Crippen molar-refractivity contribution in [3.8, 4) is 11.8 Å². The van der Waals surface area contributed by atoms with E-state index in [9.17, 15) is 9.18 Å². The summed E-state index contributed by atoms with van der Waals surface area (Å²) in [6.45, 7) is 3.62. The number of carbonyl (C=O) groups excluding carboxylic acids is 1.